The van der Waals surface area contributed by atoms with E-state index in [0.717, 1.165) is 10.3 Å². The van der Waals surface area contributed by atoms with Gasteiger partial charge in [0.2, 0.25) is 0 Å². The van der Waals surface area contributed by atoms with Crippen molar-refractivity contribution in [2.24, 2.45) is 0 Å². The van der Waals surface area contributed by atoms with Gasteiger partial charge in [-0.25, -0.2) is 0 Å². The molecule has 0 unspecified atom stereocenters. The van der Waals surface area contributed by atoms with Gasteiger partial charge >= 0.3 is 0 Å². The Labute approximate surface area is 202 Å². The van der Waals surface area contributed by atoms with Crippen molar-refractivity contribution >= 4 is 62.6 Å². The molecule has 1 aromatic heterocycles. The van der Waals surface area contributed by atoms with Gasteiger partial charge in [0.05, 0.1) is 15.8 Å². The second-order valence-corrected chi connectivity index (χ2v) is 9.17. The van der Waals surface area contributed by atoms with E-state index in [1.54, 1.807) is 24.3 Å². The Kier molecular flexibility index (Phi) is 8.54. The number of hydrogen-bond acceptors (Lipinski definition) is 5. The molecular formula is C21H19BrCl2N4O2S. The van der Waals surface area contributed by atoms with Gasteiger partial charge in [-0.2, -0.15) is 0 Å². The number of thioether (sulfide) groups is 1. The Morgan fingerprint density at radius 1 is 1.06 bits per heavy atom. The molecule has 0 spiro atoms. The maximum absolute atomic E-state index is 12.4. The average Bonchev–Trinajstić information content (AvgIpc) is 3.16. The van der Waals surface area contributed by atoms with E-state index in [2.05, 4.69) is 31.4 Å². The number of amides is 1. The van der Waals surface area contributed by atoms with E-state index >= 15 is 0 Å². The Balaban J connectivity index is 1.55. The molecule has 1 amide bonds. The zero-order valence-corrected chi connectivity index (χ0v) is 20.5. The molecule has 3 rings (SSSR count). The largest absolute Gasteiger partial charge is 0.352 e. The maximum Gasteiger partial charge on any atom is 0.251 e. The highest BCUT2D eigenvalue weighted by atomic mass is 79.9. The Hall–Kier alpha value is -1.87. The molecule has 10 heteroatoms. The van der Waals surface area contributed by atoms with Crippen molar-refractivity contribution in [1.29, 1.82) is 0 Å². The van der Waals surface area contributed by atoms with Crippen molar-refractivity contribution in [3.05, 3.63) is 73.9 Å². The lowest BCUT2D eigenvalue weighted by molar-refractivity contribution is 0.0953. The van der Waals surface area contributed by atoms with Gasteiger partial charge < -0.3 is 9.88 Å². The molecule has 0 saturated carbocycles. The van der Waals surface area contributed by atoms with E-state index in [0.29, 0.717) is 45.8 Å². The van der Waals surface area contributed by atoms with Crippen LogP contribution < -0.4 is 5.32 Å². The first-order chi connectivity index (χ1) is 14.9. The number of rotatable bonds is 9. The minimum absolute atomic E-state index is 0.0265. The molecule has 0 radical (unpaired) electrons. The van der Waals surface area contributed by atoms with E-state index in [4.69, 9.17) is 23.2 Å². The third-order valence-corrected chi connectivity index (χ3v) is 6.66. The number of aromatic nitrogens is 3. The second kappa shape index (κ2) is 11.1. The maximum atomic E-state index is 12.4. The van der Waals surface area contributed by atoms with Gasteiger partial charge in [-0.3, -0.25) is 9.59 Å². The van der Waals surface area contributed by atoms with E-state index in [1.165, 1.54) is 17.8 Å². The van der Waals surface area contributed by atoms with Crippen LogP contribution in [0.1, 0.15) is 33.5 Å². The first-order valence-electron chi connectivity index (χ1n) is 9.46. The van der Waals surface area contributed by atoms with Gasteiger partial charge in [0, 0.05) is 35.1 Å². The molecule has 1 heterocycles. The fourth-order valence-electron chi connectivity index (χ4n) is 2.80. The van der Waals surface area contributed by atoms with Crippen LogP contribution in [0.5, 0.6) is 0 Å². The Morgan fingerprint density at radius 2 is 1.77 bits per heavy atom. The molecular weight excluding hydrogens is 523 g/mol. The van der Waals surface area contributed by atoms with Crippen LogP contribution in [0, 0.1) is 0 Å². The van der Waals surface area contributed by atoms with Crippen LogP contribution in [0.2, 0.25) is 10.0 Å². The third-order valence-electron chi connectivity index (χ3n) is 4.42. The van der Waals surface area contributed by atoms with Crippen LogP contribution in [-0.4, -0.2) is 38.8 Å². The fourth-order valence-corrected chi connectivity index (χ4v) is 4.28. The number of hydrogen-bond donors (Lipinski definition) is 1. The highest BCUT2D eigenvalue weighted by Crippen LogP contribution is 2.23. The Bertz CT molecular complexity index is 1090. The lowest BCUT2D eigenvalue weighted by atomic mass is 10.2. The molecule has 0 saturated heterocycles. The van der Waals surface area contributed by atoms with E-state index in [-0.39, 0.29) is 17.4 Å². The predicted molar refractivity (Wildman–Crippen MR) is 127 cm³/mol. The lowest BCUT2D eigenvalue weighted by Gasteiger charge is -2.08. The van der Waals surface area contributed by atoms with Crippen LogP contribution in [0.25, 0.3) is 0 Å². The molecule has 0 bridgehead atoms. The van der Waals surface area contributed by atoms with Crippen LogP contribution in [0.3, 0.4) is 0 Å². The standard InChI is InChI=1S/C21H19BrCl2N4O2S/c1-2-28-19(9-10-25-20(30)14-5-8-16(23)17(24)11-14)26-27-21(28)31-12-18(29)13-3-6-15(22)7-4-13/h3-8,11H,2,9-10,12H2,1H3,(H,25,30). The minimum Gasteiger partial charge on any atom is -0.352 e. The van der Waals surface area contributed by atoms with Crippen molar-refractivity contribution in [3.63, 3.8) is 0 Å². The molecule has 0 aliphatic heterocycles. The smallest absolute Gasteiger partial charge is 0.251 e. The normalized spacial score (nSPS) is 10.8. The first kappa shape index (κ1) is 23.8. The van der Waals surface area contributed by atoms with Crippen LogP contribution in [0.15, 0.2) is 52.1 Å². The number of carbonyl (C=O) groups excluding carboxylic acids is 2. The summed E-state index contributed by atoms with van der Waals surface area (Å²) >= 11 is 16.6. The number of ketones is 1. The lowest BCUT2D eigenvalue weighted by Crippen LogP contribution is -2.26. The summed E-state index contributed by atoms with van der Waals surface area (Å²) in [6.45, 7) is 3.04. The molecule has 0 fully saturated rings. The topological polar surface area (TPSA) is 76.9 Å². The number of nitrogens with zero attached hydrogens (tertiary/aromatic N) is 3. The summed E-state index contributed by atoms with van der Waals surface area (Å²) in [5, 5.41) is 12.7. The van der Waals surface area contributed by atoms with Crippen molar-refractivity contribution in [3.8, 4) is 0 Å². The van der Waals surface area contributed by atoms with Gasteiger partial charge in [0.15, 0.2) is 10.9 Å². The summed E-state index contributed by atoms with van der Waals surface area (Å²) in [6.07, 6.45) is 0.509. The number of nitrogens with one attached hydrogen (secondary N) is 1. The molecule has 6 nitrogen and oxygen atoms in total. The van der Waals surface area contributed by atoms with Crippen molar-refractivity contribution in [2.45, 2.75) is 25.0 Å². The molecule has 162 valence electrons. The number of halogens is 3. The monoisotopic (exact) mass is 540 g/mol. The van der Waals surface area contributed by atoms with E-state index in [9.17, 15) is 9.59 Å². The molecule has 0 atom stereocenters. The van der Waals surface area contributed by atoms with Crippen LogP contribution in [0.4, 0.5) is 0 Å². The zero-order valence-electron chi connectivity index (χ0n) is 16.6. The first-order valence-corrected chi connectivity index (χ1v) is 12.0. The van der Waals surface area contributed by atoms with Crippen molar-refractivity contribution in [2.75, 3.05) is 12.3 Å². The predicted octanol–water partition coefficient (Wildman–Crippen LogP) is 5.31. The Morgan fingerprint density at radius 3 is 2.45 bits per heavy atom. The summed E-state index contributed by atoms with van der Waals surface area (Å²) < 4.78 is 2.88. The van der Waals surface area contributed by atoms with Gasteiger partial charge in [-0.1, -0.05) is 63.0 Å². The SMILES string of the molecule is CCn1c(CCNC(=O)c2ccc(Cl)c(Cl)c2)nnc1SCC(=O)c1ccc(Br)cc1. The van der Waals surface area contributed by atoms with Gasteiger partial charge in [-0.05, 0) is 37.3 Å². The average molecular weight is 542 g/mol. The van der Waals surface area contributed by atoms with Crippen molar-refractivity contribution in [1.82, 2.24) is 20.1 Å². The van der Waals surface area contributed by atoms with E-state index in [1.807, 2.05) is 23.6 Å². The summed E-state index contributed by atoms with van der Waals surface area (Å²) in [7, 11) is 0. The summed E-state index contributed by atoms with van der Waals surface area (Å²) in [6, 6.07) is 12.0. The quantitative estimate of drug-likeness (QED) is 0.293. The van der Waals surface area contributed by atoms with E-state index < -0.39 is 0 Å². The minimum atomic E-state index is -0.240. The molecule has 0 aliphatic rings. The van der Waals surface area contributed by atoms with Crippen molar-refractivity contribution < 1.29 is 9.59 Å². The molecule has 31 heavy (non-hydrogen) atoms. The second-order valence-electron chi connectivity index (χ2n) is 6.50. The third kappa shape index (κ3) is 6.32. The number of carbonyl (C=O) groups is 2. The van der Waals surface area contributed by atoms with Crippen LogP contribution in [-0.2, 0) is 13.0 Å². The molecule has 0 aliphatic carbocycles. The molecule has 2 aromatic carbocycles. The summed E-state index contributed by atoms with van der Waals surface area (Å²) in [5.41, 5.74) is 1.09. The molecule has 3 aromatic rings. The highest BCUT2D eigenvalue weighted by molar-refractivity contribution is 9.10. The van der Waals surface area contributed by atoms with Crippen LogP contribution >= 0.6 is 50.9 Å². The number of Topliss-reactive ketones (excluding diaryl/α,β-unsaturated/α-hetero) is 1. The van der Waals surface area contributed by atoms with Gasteiger partial charge in [0.1, 0.15) is 5.82 Å². The zero-order chi connectivity index (χ0) is 22.4. The van der Waals surface area contributed by atoms with Gasteiger partial charge in [-0.15, -0.1) is 10.2 Å². The highest BCUT2D eigenvalue weighted by Gasteiger charge is 2.15. The van der Waals surface area contributed by atoms with Gasteiger partial charge in [0.25, 0.3) is 5.91 Å². The fraction of sp³-hybridized carbons (Fsp3) is 0.238. The molecule has 1 N–H and O–H groups in total. The summed E-state index contributed by atoms with van der Waals surface area (Å²) in [4.78, 5) is 24.7. The summed E-state index contributed by atoms with van der Waals surface area (Å²) in [5.74, 6) is 0.804. The number of benzene rings is 2.